The van der Waals surface area contributed by atoms with Gasteiger partial charge in [-0.15, -0.1) is 0 Å². The van der Waals surface area contributed by atoms with E-state index >= 15 is 0 Å². The molecule has 5 saturated carbocycles. The number of imide groups is 1. The van der Waals surface area contributed by atoms with Crippen molar-refractivity contribution in [2.75, 3.05) is 0 Å². The first-order chi connectivity index (χ1) is 21.5. The molecule has 10 heteroatoms. The normalized spacial score (nSPS) is 26.8. The van der Waals surface area contributed by atoms with Crippen LogP contribution < -0.4 is 0 Å². The molecular formula is C43H84F3NO6. The summed E-state index contributed by atoms with van der Waals surface area (Å²) in [4.78, 5) is 49.0. The number of carbonyl (C=O) groups excluding carboxylic acids is 4. The highest BCUT2D eigenvalue weighted by molar-refractivity contribution is 6.04. The summed E-state index contributed by atoms with van der Waals surface area (Å²) in [5, 5.41) is 0. The van der Waals surface area contributed by atoms with E-state index < -0.39 is 23.7 Å². The summed E-state index contributed by atoms with van der Waals surface area (Å²) in [5.74, 6) is 2.01. The predicted molar refractivity (Wildman–Crippen MR) is 214 cm³/mol. The number of alkyl halides is 3. The van der Waals surface area contributed by atoms with Gasteiger partial charge < -0.3 is 9.47 Å². The second-order valence-corrected chi connectivity index (χ2v) is 16.9. The van der Waals surface area contributed by atoms with E-state index in [0.717, 1.165) is 76.0 Å². The van der Waals surface area contributed by atoms with Gasteiger partial charge in [0.15, 0.2) is 6.10 Å². The molecule has 7 nitrogen and oxygen atoms in total. The Morgan fingerprint density at radius 3 is 1.49 bits per heavy atom. The molecule has 0 aromatic heterocycles. The molecule has 4 bridgehead atoms. The number of rotatable bonds is 8. The van der Waals surface area contributed by atoms with Crippen molar-refractivity contribution in [1.82, 2.24) is 4.90 Å². The average Bonchev–Trinajstić information content (AvgIpc) is 3.40. The molecule has 6 fully saturated rings. The summed E-state index contributed by atoms with van der Waals surface area (Å²) in [7, 11) is 0. The molecule has 3 atom stereocenters. The van der Waals surface area contributed by atoms with Crippen LogP contribution in [-0.2, 0) is 28.7 Å². The van der Waals surface area contributed by atoms with Crippen LogP contribution in [0.25, 0.3) is 0 Å². The smallest absolute Gasteiger partial charge is 0.425 e. The number of ether oxygens (including phenoxy) is 2. The van der Waals surface area contributed by atoms with Crippen molar-refractivity contribution in [3.05, 3.63) is 0 Å². The number of esters is 2. The number of likely N-dealkylation sites (tertiary alicyclic amines) is 1. The number of nitrogens with zero attached hydrogens (tertiary/aromatic N) is 1. The third kappa shape index (κ3) is 13.2. The maximum atomic E-state index is 12.4. The SMILES string of the molecule is C.C.C.C.C.C.CCC(C)(C)C(=O)N1C(=O)C2CCCC21.CCC(C)(C)C(=O)OC(C)C(F)(F)F.CCC(C)(C)C(=O)OC12CC3CC(CC(C3)C1)C2. The lowest BCUT2D eigenvalue weighted by Crippen LogP contribution is -2.63. The molecule has 318 valence electrons. The maximum absolute atomic E-state index is 12.4. The second-order valence-electron chi connectivity index (χ2n) is 16.9. The van der Waals surface area contributed by atoms with Crippen LogP contribution in [0.3, 0.4) is 0 Å². The summed E-state index contributed by atoms with van der Waals surface area (Å²) >= 11 is 0. The molecule has 6 rings (SSSR count). The van der Waals surface area contributed by atoms with E-state index in [1.165, 1.54) is 24.2 Å². The van der Waals surface area contributed by atoms with Crippen LogP contribution in [0.15, 0.2) is 0 Å². The zero-order valence-electron chi connectivity index (χ0n) is 30.5. The van der Waals surface area contributed by atoms with Crippen molar-refractivity contribution >= 4 is 23.8 Å². The highest BCUT2D eigenvalue weighted by atomic mass is 19.4. The number of halogens is 3. The van der Waals surface area contributed by atoms with E-state index in [9.17, 15) is 32.3 Å². The van der Waals surface area contributed by atoms with E-state index in [1.807, 2.05) is 34.6 Å². The van der Waals surface area contributed by atoms with E-state index in [-0.39, 0.29) is 90.7 Å². The van der Waals surface area contributed by atoms with Gasteiger partial charge in [-0.25, -0.2) is 0 Å². The Hall–Kier alpha value is -2.13. The summed E-state index contributed by atoms with van der Waals surface area (Å²) in [5.41, 5.74) is -1.63. The first-order valence-corrected chi connectivity index (χ1v) is 17.9. The summed E-state index contributed by atoms with van der Waals surface area (Å²) in [6, 6.07) is 0.232. The maximum Gasteiger partial charge on any atom is 0.425 e. The van der Waals surface area contributed by atoms with E-state index in [2.05, 4.69) is 11.7 Å². The molecule has 0 N–H and O–H groups in total. The number of β-lactam (4-membered cyclic amide) rings is 1. The molecule has 6 aliphatic rings. The van der Waals surface area contributed by atoms with Gasteiger partial charge in [0.2, 0.25) is 11.8 Å². The molecule has 5 aliphatic carbocycles. The number of hydrogen-bond acceptors (Lipinski definition) is 6. The Morgan fingerprint density at radius 1 is 0.717 bits per heavy atom. The molecule has 1 saturated heterocycles. The van der Waals surface area contributed by atoms with Crippen LogP contribution in [0.4, 0.5) is 13.2 Å². The van der Waals surface area contributed by atoms with Crippen molar-refractivity contribution in [3.63, 3.8) is 0 Å². The van der Waals surface area contributed by atoms with Gasteiger partial charge in [0.05, 0.1) is 22.8 Å². The standard InChI is InChI=1S/C16H26O2.C12H19NO2.C9H15F3O2.6CH4/c1-4-15(2,3)14(17)18-16-8-11-5-12(9-16)7-13(6-11)10-16;1-4-12(2,3)11(15)13-9-7-5-6-8(9)10(13)14;1-5-8(3,4)7(13)14-6(2)9(10,11)12;;;;;;/h11-13H,4-10H2,1-3H3;8-9H,4-7H2,1-3H3;6H,5H2,1-4H3;6*1H4. The summed E-state index contributed by atoms with van der Waals surface area (Å²) in [6.07, 6.45) is 6.27. The van der Waals surface area contributed by atoms with Crippen molar-refractivity contribution in [2.45, 2.75) is 215 Å². The van der Waals surface area contributed by atoms with Crippen LogP contribution in [-0.4, -0.2) is 52.6 Å². The van der Waals surface area contributed by atoms with Crippen molar-refractivity contribution in [3.8, 4) is 0 Å². The number of amides is 2. The number of fused-ring (bicyclic) bond motifs is 1. The van der Waals surface area contributed by atoms with Gasteiger partial charge in [-0.2, -0.15) is 13.2 Å². The largest absolute Gasteiger partial charge is 0.459 e. The third-order valence-electron chi connectivity index (χ3n) is 12.0. The van der Waals surface area contributed by atoms with Gasteiger partial charge in [0.25, 0.3) is 0 Å². The van der Waals surface area contributed by atoms with Gasteiger partial charge >= 0.3 is 18.1 Å². The quantitative estimate of drug-likeness (QED) is 0.180. The zero-order valence-corrected chi connectivity index (χ0v) is 30.5. The molecule has 0 aromatic rings. The van der Waals surface area contributed by atoms with E-state index in [0.29, 0.717) is 6.42 Å². The van der Waals surface area contributed by atoms with Crippen LogP contribution >= 0.6 is 0 Å². The minimum Gasteiger partial charge on any atom is -0.459 e. The zero-order chi connectivity index (χ0) is 35.8. The first-order valence-electron chi connectivity index (χ1n) is 17.9. The Kier molecular flexibility index (Phi) is 23.1. The van der Waals surface area contributed by atoms with Gasteiger partial charge in [0.1, 0.15) is 5.60 Å². The first kappa shape index (κ1) is 57.6. The number of hydrogen-bond donors (Lipinski definition) is 0. The van der Waals surface area contributed by atoms with E-state index in [1.54, 1.807) is 20.8 Å². The molecule has 3 unspecified atom stereocenters. The highest BCUT2D eigenvalue weighted by Gasteiger charge is 2.55. The molecule has 0 spiro atoms. The molecule has 1 heterocycles. The Morgan fingerprint density at radius 2 is 1.11 bits per heavy atom. The van der Waals surface area contributed by atoms with Crippen LogP contribution in [0.1, 0.15) is 191 Å². The fourth-order valence-electron chi connectivity index (χ4n) is 7.69. The summed E-state index contributed by atoms with van der Waals surface area (Å²) in [6.45, 7) is 17.6. The van der Waals surface area contributed by atoms with Gasteiger partial charge in [-0.05, 0) is 123 Å². The van der Waals surface area contributed by atoms with Crippen molar-refractivity contribution in [1.29, 1.82) is 0 Å². The van der Waals surface area contributed by atoms with E-state index in [4.69, 9.17) is 4.74 Å². The average molecular weight is 768 g/mol. The minimum atomic E-state index is -4.49. The third-order valence-corrected chi connectivity index (χ3v) is 12.0. The molecule has 2 amide bonds. The van der Waals surface area contributed by atoms with Crippen molar-refractivity contribution in [2.24, 2.45) is 39.9 Å². The molecular weight excluding hydrogens is 683 g/mol. The monoisotopic (exact) mass is 768 g/mol. The topological polar surface area (TPSA) is 90.0 Å². The van der Waals surface area contributed by atoms with Crippen molar-refractivity contribution < 1.29 is 41.8 Å². The number of carbonyl (C=O) groups is 4. The second kappa shape index (κ2) is 21.2. The van der Waals surface area contributed by atoms with Gasteiger partial charge in [-0.3, -0.25) is 24.1 Å². The fourth-order valence-corrected chi connectivity index (χ4v) is 7.69. The van der Waals surface area contributed by atoms with Crippen LogP contribution in [0, 0.1) is 39.9 Å². The summed E-state index contributed by atoms with van der Waals surface area (Å²) < 4.78 is 46.4. The van der Waals surface area contributed by atoms with Crippen LogP contribution in [0.5, 0.6) is 0 Å². The Bertz CT molecular complexity index is 1130. The lowest BCUT2D eigenvalue weighted by atomic mass is 9.54. The fraction of sp³-hybridized carbons (Fsp3) is 0.907. The van der Waals surface area contributed by atoms with Gasteiger partial charge in [0, 0.05) is 5.41 Å². The molecule has 0 aromatic carbocycles. The van der Waals surface area contributed by atoms with Gasteiger partial charge in [-0.1, -0.05) is 85.6 Å². The lowest BCUT2D eigenvalue weighted by Gasteiger charge is -2.56. The molecule has 1 aliphatic heterocycles. The molecule has 53 heavy (non-hydrogen) atoms. The Labute approximate surface area is 324 Å². The Balaban J connectivity index is -0.000000325. The van der Waals surface area contributed by atoms with Crippen LogP contribution in [0.2, 0.25) is 0 Å². The molecule has 0 radical (unpaired) electrons. The lowest BCUT2D eigenvalue weighted by molar-refractivity contribution is -0.221. The minimum absolute atomic E-state index is 0. The predicted octanol–water partition coefficient (Wildman–Crippen LogP) is 12.6. The highest BCUT2D eigenvalue weighted by Crippen LogP contribution is 2.57.